The Hall–Kier alpha value is -0.380. The first-order valence-electron chi connectivity index (χ1n) is 6.60. The molecule has 0 saturated carbocycles. The second-order valence-corrected chi connectivity index (χ2v) is 5.37. The van der Waals surface area contributed by atoms with Gasteiger partial charge in [-0.3, -0.25) is 0 Å². The predicted octanol–water partition coefficient (Wildman–Crippen LogP) is 2.11. The van der Waals surface area contributed by atoms with Crippen LogP contribution in [0.25, 0.3) is 0 Å². The van der Waals surface area contributed by atoms with Crippen LogP contribution < -0.4 is 5.32 Å². The maximum atomic E-state index is 9.59. The fourth-order valence-electron chi connectivity index (χ4n) is 2.45. The van der Waals surface area contributed by atoms with E-state index in [9.17, 15) is 5.11 Å². The average molecular weight is 241 g/mol. The Labute approximate surface area is 105 Å². The number of hydrogen-bond donors (Lipinski definition) is 2. The molecule has 0 amide bonds. The van der Waals surface area contributed by atoms with Crippen LogP contribution in [0.5, 0.6) is 0 Å². The van der Waals surface area contributed by atoms with E-state index in [0.717, 1.165) is 0 Å². The van der Waals surface area contributed by atoms with Gasteiger partial charge in [-0.25, -0.2) is 0 Å². The standard InChI is InChI=1S/C14H27NO2/c1-10-5-6-13(7-11(10)2)12(3)15-8-14(16)9-17-4/h12-16H,5-9H2,1-4H3. The topological polar surface area (TPSA) is 41.5 Å². The molecule has 3 unspecified atom stereocenters. The molecule has 0 bridgehead atoms. The van der Waals surface area contributed by atoms with Gasteiger partial charge in [-0.2, -0.15) is 0 Å². The normalized spacial score (nSPS) is 24.9. The van der Waals surface area contributed by atoms with E-state index in [1.807, 2.05) is 0 Å². The molecule has 100 valence electrons. The Kier molecular flexibility index (Phi) is 6.17. The summed E-state index contributed by atoms with van der Waals surface area (Å²) in [6.45, 7) is 7.73. The van der Waals surface area contributed by atoms with Crippen LogP contribution in [-0.2, 0) is 4.74 Å². The van der Waals surface area contributed by atoms with Crippen LogP contribution in [0.2, 0.25) is 0 Å². The second kappa shape index (κ2) is 7.14. The van der Waals surface area contributed by atoms with E-state index in [4.69, 9.17) is 4.74 Å². The summed E-state index contributed by atoms with van der Waals surface area (Å²) in [6, 6.07) is 0.463. The van der Waals surface area contributed by atoms with Gasteiger partial charge >= 0.3 is 0 Å². The molecule has 1 aliphatic rings. The molecule has 0 aromatic rings. The first kappa shape index (κ1) is 14.7. The van der Waals surface area contributed by atoms with E-state index < -0.39 is 6.10 Å². The van der Waals surface area contributed by atoms with Gasteiger partial charge in [-0.05, 0) is 46.0 Å². The average Bonchev–Trinajstić information content (AvgIpc) is 2.30. The molecule has 17 heavy (non-hydrogen) atoms. The molecule has 3 nitrogen and oxygen atoms in total. The van der Waals surface area contributed by atoms with Crippen molar-refractivity contribution in [3.8, 4) is 0 Å². The summed E-state index contributed by atoms with van der Waals surface area (Å²) in [5.74, 6) is 0.702. The van der Waals surface area contributed by atoms with E-state index in [1.54, 1.807) is 18.3 Å². The Morgan fingerprint density at radius 3 is 2.71 bits per heavy atom. The second-order valence-electron chi connectivity index (χ2n) is 5.37. The van der Waals surface area contributed by atoms with Gasteiger partial charge in [0.2, 0.25) is 0 Å². The minimum atomic E-state index is -0.399. The van der Waals surface area contributed by atoms with Gasteiger partial charge in [-0.1, -0.05) is 11.1 Å². The Morgan fingerprint density at radius 2 is 2.12 bits per heavy atom. The molecule has 1 rings (SSSR count). The van der Waals surface area contributed by atoms with Gasteiger partial charge in [0.05, 0.1) is 12.7 Å². The molecule has 0 saturated heterocycles. The third kappa shape index (κ3) is 4.78. The van der Waals surface area contributed by atoms with Crippen molar-refractivity contribution in [1.29, 1.82) is 0 Å². The first-order chi connectivity index (χ1) is 8.04. The summed E-state index contributed by atoms with van der Waals surface area (Å²) in [6.07, 6.45) is 3.28. The quantitative estimate of drug-likeness (QED) is 0.700. The van der Waals surface area contributed by atoms with Crippen LogP contribution in [0.3, 0.4) is 0 Å². The summed E-state index contributed by atoms with van der Waals surface area (Å²) >= 11 is 0. The molecule has 0 aromatic heterocycles. The lowest BCUT2D eigenvalue weighted by Gasteiger charge is -2.30. The van der Waals surface area contributed by atoms with Gasteiger partial charge in [0.15, 0.2) is 0 Å². The van der Waals surface area contributed by atoms with Crippen LogP contribution in [0.1, 0.15) is 40.0 Å². The van der Waals surface area contributed by atoms with Crippen molar-refractivity contribution in [2.24, 2.45) is 5.92 Å². The van der Waals surface area contributed by atoms with Crippen LogP contribution in [-0.4, -0.2) is 37.5 Å². The van der Waals surface area contributed by atoms with Gasteiger partial charge in [-0.15, -0.1) is 0 Å². The molecular weight excluding hydrogens is 214 g/mol. The van der Waals surface area contributed by atoms with Crippen molar-refractivity contribution in [2.75, 3.05) is 20.3 Å². The Bertz CT molecular complexity index is 263. The fraction of sp³-hybridized carbons (Fsp3) is 0.857. The zero-order chi connectivity index (χ0) is 12.8. The Morgan fingerprint density at radius 1 is 1.41 bits per heavy atom. The lowest BCUT2D eigenvalue weighted by molar-refractivity contribution is 0.0614. The van der Waals surface area contributed by atoms with Crippen LogP contribution in [0.15, 0.2) is 11.1 Å². The minimum Gasteiger partial charge on any atom is -0.389 e. The van der Waals surface area contributed by atoms with E-state index >= 15 is 0 Å². The van der Waals surface area contributed by atoms with Crippen LogP contribution in [0, 0.1) is 5.92 Å². The molecule has 0 aliphatic heterocycles. The third-order valence-corrected chi connectivity index (χ3v) is 3.93. The Balaban J connectivity index is 2.31. The van der Waals surface area contributed by atoms with Gasteiger partial charge < -0.3 is 15.2 Å². The van der Waals surface area contributed by atoms with Crippen molar-refractivity contribution < 1.29 is 9.84 Å². The lowest BCUT2D eigenvalue weighted by Crippen LogP contribution is -2.40. The molecule has 3 heteroatoms. The number of ether oxygens (including phenoxy) is 1. The number of aliphatic hydroxyl groups excluding tert-OH is 1. The van der Waals surface area contributed by atoms with E-state index in [-0.39, 0.29) is 0 Å². The van der Waals surface area contributed by atoms with Crippen LogP contribution >= 0.6 is 0 Å². The highest BCUT2D eigenvalue weighted by molar-refractivity contribution is 5.14. The highest BCUT2D eigenvalue weighted by Crippen LogP contribution is 2.30. The number of hydrogen-bond acceptors (Lipinski definition) is 3. The number of rotatable bonds is 6. The van der Waals surface area contributed by atoms with Crippen molar-refractivity contribution >= 4 is 0 Å². The molecule has 0 aromatic carbocycles. The number of methoxy groups -OCH3 is 1. The number of aliphatic hydroxyl groups is 1. The summed E-state index contributed by atoms with van der Waals surface area (Å²) in [5, 5.41) is 13.0. The van der Waals surface area contributed by atoms with E-state index in [0.29, 0.717) is 25.1 Å². The van der Waals surface area contributed by atoms with Gasteiger partial charge in [0.1, 0.15) is 0 Å². The maximum absolute atomic E-state index is 9.59. The predicted molar refractivity (Wildman–Crippen MR) is 71.1 cm³/mol. The number of allylic oxidation sites excluding steroid dienone is 2. The minimum absolute atomic E-state index is 0.399. The summed E-state index contributed by atoms with van der Waals surface area (Å²) in [5.41, 5.74) is 3.11. The molecule has 0 spiro atoms. The molecule has 0 fully saturated rings. The van der Waals surface area contributed by atoms with Crippen molar-refractivity contribution in [2.45, 2.75) is 52.2 Å². The SMILES string of the molecule is COCC(O)CNC(C)C1CCC(C)=C(C)C1. The molecule has 3 atom stereocenters. The summed E-state index contributed by atoms with van der Waals surface area (Å²) < 4.78 is 4.92. The van der Waals surface area contributed by atoms with Gasteiger partial charge in [0.25, 0.3) is 0 Å². The van der Waals surface area contributed by atoms with Crippen molar-refractivity contribution in [3.05, 3.63) is 11.1 Å². The third-order valence-electron chi connectivity index (χ3n) is 3.93. The highest BCUT2D eigenvalue weighted by atomic mass is 16.5. The smallest absolute Gasteiger partial charge is 0.0897 e. The molecule has 0 heterocycles. The first-order valence-corrected chi connectivity index (χ1v) is 6.60. The maximum Gasteiger partial charge on any atom is 0.0897 e. The van der Waals surface area contributed by atoms with Crippen LogP contribution in [0.4, 0.5) is 0 Å². The van der Waals surface area contributed by atoms with Crippen molar-refractivity contribution in [3.63, 3.8) is 0 Å². The van der Waals surface area contributed by atoms with Crippen molar-refractivity contribution in [1.82, 2.24) is 5.32 Å². The molecule has 0 radical (unpaired) electrons. The largest absolute Gasteiger partial charge is 0.389 e. The molecule has 1 aliphatic carbocycles. The summed E-state index contributed by atoms with van der Waals surface area (Å²) in [4.78, 5) is 0. The number of nitrogens with one attached hydrogen (secondary N) is 1. The highest BCUT2D eigenvalue weighted by Gasteiger charge is 2.22. The zero-order valence-corrected chi connectivity index (χ0v) is 11.6. The van der Waals surface area contributed by atoms with E-state index in [2.05, 4.69) is 26.1 Å². The summed E-state index contributed by atoms with van der Waals surface area (Å²) in [7, 11) is 1.62. The molecular formula is C14H27NO2. The fourth-order valence-corrected chi connectivity index (χ4v) is 2.45. The molecule has 2 N–H and O–H groups in total. The lowest BCUT2D eigenvalue weighted by atomic mass is 9.81. The zero-order valence-electron chi connectivity index (χ0n) is 11.6. The van der Waals surface area contributed by atoms with E-state index in [1.165, 1.54) is 19.3 Å². The van der Waals surface area contributed by atoms with Gasteiger partial charge in [0, 0.05) is 19.7 Å². The monoisotopic (exact) mass is 241 g/mol.